The number of benzene rings is 1. The fraction of sp³-hybridized carbons (Fsp3) is 0.364. The predicted octanol–water partition coefficient (Wildman–Crippen LogP) is 0.788. The topological polar surface area (TPSA) is 92.5 Å². The van der Waals surface area contributed by atoms with Crippen LogP contribution in [0.1, 0.15) is 6.92 Å². The van der Waals surface area contributed by atoms with Crippen LogP contribution in [0.15, 0.2) is 27.6 Å². The minimum atomic E-state index is -3.72. The number of amides is 1. The van der Waals surface area contributed by atoms with Gasteiger partial charge in [0.2, 0.25) is 15.9 Å². The predicted molar refractivity (Wildman–Crippen MR) is 77.1 cm³/mol. The molecule has 0 radical (unpaired) electrons. The molecule has 1 rings (SSSR count). The maximum Gasteiger partial charge on any atom is 0.243 e. The molecule has 0 aliphatic heterocycles. The number of nitrogens with one attached hydrogen (secondary N) is 1. The van der Waals surface area contributed by atoms with Gasteiger partial charge in [0.15, 0.2) is 0 Å². The number of nitrogen functional groups attached to an aromatic ring is 1. The monoisotopic (exact) mass is 349 g/mol. The molecule has 106 valence electrons. The van der Waals surface area contributed by atoms with E-state index in [4.69, 9.17) is 5.73 Å². The van der Waals surface area contributed by atoms with Crippen LogP contribution in [-0.2, 0) is 14.8 Å². The van der Waals surface area contributed by atoms with Crippen LogP contribution in [0.4, 0.5) is 5.69 Å². The first-order valence-electron chi connectivity index (χ1n) is 5.57. The van der Waals surface area contributed by atoms with Gasteiger partial charge in [0.1, 0.15) is 0 Å². The molecule has 1 aromatic carbocycles. The first-order valence-corrected chi connectivity index (χ1v) is 7.80. The highest BCUT2D eigenvalue weighted by Crippen LogP contribution is 2.24. The number of likely N-dealkylation sites (N-methyl/N-ethyl adjacent to an activating group) is 2. The van der Waals surface area contributed by atoms with Crippen molar-refractivity contribution in [2.45, 2.75) is 11.8 Å². The quantitative estimate of drug-likeness (QED) is 0.768. The summed E-state index contributed by atoms with van der Waals surface area (Å²) < 4.78 is 26.0. The smallest absolute Gasteiger partial charge is 0.243 e. The van der Waals surface area contributed by atoms with Crippen molar-refractivity contribution < 1.29 is 13.2 Å². The minimum absolute atomic E-state index is 0.0556. The van der Waals surface area contributed by atoms with E-state index in [9.17, 15) is 13.2 Å². The Balaban J connectivity index is 2.96. The third-order valence-electron chi connectivity index (χ3n) is 2.42. The van der Waals surface area contributed by atoms with Crippen LogP contribution < -0.4 is 11.1 Å². The molecule has 0 unspecified atom stereocenters. The van der Waals surface area contributed by atoms with Gasteiger partial charge in [-0.05, 0) is 41.1 Å². The van der Waals surface area contributed by atoms with E-state index in [0.717, 1.165) is 4.31 Å². The largest absolute Gasteiger partial charge is 0.398 e. The van der Waals surface area contributed by atoms with Gasteiger partial charge in [0.25, 0.3) is 0 Å². The van der Waals surface area contributed by atoms with Crippen LogP contribution in [0.25, 0.3) is 0 Å². The summed E-state index contributed by atoms with van der Waals surface area (Å²) >= 11 is 3.20. The van der Waals surface area contributed by atoms with Crippen LogP contribution in [0.5, 0.6) is 0 Å². The number of halogens is 1. The van der Waals surface area contributed by atoms with E-state index in [1.807, 2.05) is 0 Å². The molecular formula is C11H16BrN3O3S. The Labute approximate surface area is 121 Å². The number of sulfonamides is 1. The highest BCUT2D eigenvalue weighted by atomic mass is 79.9. The molecule has 0 aromatic heterocycles. The minimum Gasteiger partial charge on any atom is -0.398 e. The van der Waals surface area contributed by atoms with E-state index in [-0.39, 0.29) is 17.3 Å². The zero-order valence-electron chi connectivity index (χ0n) is 10.7. The number of nitrogens with zero attached hydrogens (tertiary/aromatic N) is 1. The Hall–Kier alpha value is -1.12. The zero-order valence-corrected chi connectivity index (χ0v) is 13.1. The zero-order chi connectivity index (χ0) is 14.6. The Kier molecular flexibility index (Phi) is 5.33. The Morgan fingerprint density at radius 1 is 1.47 bits per heavy atom. The fourth-order valence-electron chi connectivity index (χ4n) is 1.40. The molecular weight excluding hydrogens is 334 g/mol. The highest BCUT2D eigenvalue weighted by molar-refractivity contribution is 9.10. The number of hydrogen-bond acceptors (Lipinski definition) is 4. The standard InChI is InChI=1S/C11H16BrN3O3S/c1-3-14-11(16)7-15(2)19(17,18)8-4-5-9(12)10(13)6-8/h4-6H,3,7,13H2,1-2H3,(H,14,16). The Bertz CT molecular complexity index is 575. The average Bonchev–Trinajstić information content (AvgIpc) is 2.32. The van der Waals surface area contributed by atoms with E-state index in [2.05, 4.69) is 21.2 Å². The second kappa shape index (κ2) is 6.36. The average molecular weight is 350 g/mol. The number of carbonyl (C=O) groups excluding carboxylic acids is 1. The van der Waals surface area contributed by atoms with E-state index >= 15 is 0 Å². The van der Waals surface area contributed by atoms with Gasteiger partial charge in [0, 0.05) is 23.8 Å². The number of carbonyl (C=O) groups is 1. The molecule has 0 atom stereocenters. The van der Waals surface area contributed by atoms with Gasteiger partial charge in [-0.1, -0.05) is 0 Å². The van der Waals surface area contributed by atoms with Crippen molar-refractivity contribution in [3.63, 3.8) is 0 Å². The van der Waals surface area contributed by atoms with E-state index in [1.165, 1.54) is 19.2 Å². The molecule has 0 saturated heterocycles. The van der Waals surface area contributed by atoms with Crippen molar-refractivity contribution in [3.05, 3.63) is 22.7 Å². The fourth-order valence-corrected chi connectivity index (χ4v) is 2.81. The van der Waals surface area contributed by atoms with E-state index in [1.54, 1.807) is 13.0 Å². The van der Waals surface area contributed by atoms with Crippen molar-refractivity contribution in [2.75, 3.05) is 25.9 Å². The van der Waals surface area contributed by atoms with Gasteiger partial charge in [-0.3, -0.25) is 4.79 Å². The van der Waals surface area contributed by atoms with Crippen molar-refractivity contribution >= 4 is 37.5 Å². The highest BCUT2D eigenvalue weighted by Gasteiger charge is 2.23. The molecule has 0 aliphatic rings. The van der Waals surface area contributed by atoms with Gasteiger partial charge >= 0.3 is 0 Å². The summed E-state index contributed by atoms with van der Waals surface area (Å²) in [6, 6.07) is 4.35. The third-order valence-corrected chi connectivity index (χ3v) is 4.94. The maximum atomic E-state index is 12.2. The van der Waals surface area contributed by atoms with Crippen molar-refractivity contribution in [1.29, 1.82) is 0 Å². The third kappa shape index (κ3) is 3.92. The Morgan fingerprint density at radius 3 is 2.63 bits per heavy atom. The molecule has 0 spiro atoms. The van der Waals surface area contributed by atoms with Gasteiger partial charge in [-0.15, -0.1) is 0 Å². The molecule has 19 heavy (non-hydrogen) atoms. The van der Waals surface area contributed by atoms with Gasteiger partial charge in [-0.25, -0.2) is 8.42 Å². The van der Waals surface area contributed by atoms with Gasteiger partial charge < -0.3 is 11.1 Å². The van der Waals surface area contributed by atoms with Crippen molar-refractivity contribution in [3.8, 4) is 0 Å². The first kappa shape index (κ1) is 15.9. The molecule has 1 aromatic rings. The lowest BCUT2D eigenvalue weighted by molar-refractivity contribution is -0.121. The van der Waals surface area contributed by atoms with Crippen LogP contribution in [0.3, 0.4) is 0 Å². The van der Waals surface area contributed by atoms with Crippen LogP contribution in [-0.4, -0.2) is 38.8 Å². The first-order chi connectivity index (χ1) is 8.78. The SMILES string of the molecule is CCNC(=O)CN(C)S(=O)(=O)c1ccc(Br)c(N)c1. The normalized spacial score (nSPS) is 11.6. The molecule has 0 saturated carbocycles. The summed E-state index contributed by atoms with van der Waals surface area (Å²) in [5.41, 5.74) is 5.98. The van der Waals surface area contributed by atoms with E-state index in [0.29, 0.717) is 16.7 Å². The Morgan fingerprint density at radius 2 is 2.11 bits per heavy atom. The molecule has 6 nitrogen and oxygen atoms in total. The molecule has 0 aliphatic carbocycles. The summed E-state index contributed by atoms with van der Waals surface area (Å²) in [7, 11) is -2.37. The summed E-state index contributed by atoms with van der Waals surface area (Å²) in [6.45, 7) is 1.99. The number of anilines is 1. The van der Waals surface area contributed by atoms with Crippen molar-refractivity contribution in [2.24, 2.45) is 0 Å². The van der Waals surface area contributed by atoms with Crippen LogP contribution in [0.2, 0.25) is 0 Å². The maximum absolute atomic E-state index is 12.2. The lowest BCUT2D eigenvalue weighted by Gasteiger charge is -2.17. The molecule has 0 bridgehead atoms. The number of hydrogen-bond donors (Lipinski definition) is 2. The lowest BCUT2D eigenvalue weighted by atomic mass is 10.3. The van der Waals surface area contributed by atoms with Crippen LogP contribution >= 0.6 is 15.9 Å². The number of nitrogens with two attached hydrogens (primary N) is 1. The van der Waals surface area contributed by atoms with Gasteiger partial charge in [-0.2, -0.15) is 4.31 Å². The molecule has 0 fully saturated rings. The lowest BCUT2D eigenvalue weighted by Crippen LogP contribution is -2.38. The van der Waals surface area contributed by atoms with Gasteiger partial charge in [0.05, 0.1) is 11.4 Å². The summed E-state index contributed by atoms with van der Waals surface area (Å²) in [4.78, 5) is 11.5. The van der Waals surface area contributed by atoms with E-state index < -0.39 is 10.0 Å². The molecule has 8 heteroatoms. The van der Waals surface area contributed by atoms with Crippen molar-refractivity contribution in [1.82, 2.24) is 9.62 Å². The summed E-state index contributed by atoms with van der Waals surface area (Å²) in [5.74, 6) is -0.348. The second-order valence-corrected chi connectivity index (χ2v) is 6.80. The summed E-state index contributed by atoms with van der Waals surface area (Å²) in [6.07, 6.45) is 0. The second-order valence-electron chi connectivity index (χ2n) is 3.90. The summed E-state index contributed by atoms with van der Waals surface area (Å²) in [5, 5.41) is 2.54. The van der Waals surface area contributed by atoms with Crippen LogP contribution in [0, 0.1) is 0 Å². The molecule has 1 amide bonds. The molecule has 0 heterocycles. The number of rotatable bonds is 5. The molecule has 3 N–H and O–H groups in total.